The maximum Gasteiger partial charge on any atom is 0.332 e. The average molecular weight is 421 g/mol. The molecule has 0 aliphatic heterocycles. The molecule has 150 valence electrons. The number of thiazole rings is 1. The molecule has 2 aromatic rings. The van der Waals surface area contributed by atoms with E-state index in [1.165, 1.54) is 27.6 Å². The molecular formula is C19H24N4O3S2. The minimum atomic E-state index is -3.62. The van der Waals surface area contributed by atoms with Crippen LogP contribution in [0, 0.1) is 4.78 Å². The Morgan fingerprint density at radius 2 is 1.82 bits per heavy atom. The van der Waals surface area contributed by atoms with Crippen molar-refractivity contribution in [2.75, 3.05) is 5.32 Å². The van der Waals surface area contributed by atoms with Crippen LogP contribution in [0.3, 0.4) is 0 Å². The second-order valence-corrected chi connectivity index (χ2v) is 10.5. The summed E-state index contributed by atoms with van der Waals surface area (Å²) in [4.78, 5) is 16.7. The number of aliphatic hydroxyl groups is 1. The van der Waals surface area contributed by atoms with Crippen molar-refractivity contribution < 1.29 is 14.1 Å². The summed E-state index contributed by atoms with van der Waals surface area (Å²) in [5.74, 6) is 0. The first-order valence-corrected chi connectivity index (χ1v) is 11.8. The summed E-state index contributed by atoms with van der Waals surface area (Å²) in [6.45, 7) is 3.14. The molecule has 0 saturated heterocycles. The highest BCUT2D eigenvalue weighted by Gasteiger charge is 2.27. The molecule has 4 N–H and O–H groups in total. The molecule has 0 bridgehead atoms. The van der Waals surface area contributed by atoms with E-state index in [0.29, 0.717) is 5.01 Å². The molecule has 0 saturated carbocycles. The van der Waals surface area contributed by atoms with Gasteiger partial charge in [0.2, 0.25) is 0 Å². The van der Waals surface area contributed by atoms with Crippen molar-refractivity contribution in [3.63, 3.8) is 0 Å². The zero-order chi connectivity index (χ0) is 20.1. The van der Waals surface area contributed by atoms with Crippen LogP contribution < -0.4 is 10.0 Å². The van der Waals surface area contributed by atoms with Gasteiger partial charge in [-0.1, -0.05) is 6.07 Å². The third-order valence-corrected chi connectivity index (χ3v) is 7.82. The largest absolute Gasteiger partial charge is 0.383 e. The van der Waals surface area contributed by atoms with Gasteiger partial charge in [-0.05, 0) is 74.6 Å². The van der Waals surface area contributed by atoms with E-state index >= 15 is 0 Å². The lowest BCUT2D eigenvalue weighted by Crippen LogP contribution is -2.34. The Hall–Kier alpha value is -1.97. The van der Waals surface area contributed by atoms with Gasteiger partial charge in [0.25, 0.3) is 0 Å². The lowest BCUT2D eigenvalue weighted by molar-refractivity contribution is 0.0778. The van der Waals surface area contributed by atoms with Gasteiger partial charge >= 0.3 is 6.03 Å². The molecule has 0 spiro atoms. The van der Waals surface area contributed by atoms with Gasteiger partial charge in [-0.25, -0.2) is 23.5 Å². The van der Waals surface area contributed by atoms with Crippen molar-refractivity contribution in [3.8, 4) is 0 Å². The Bertz CT molecular complexity index is 1020. The number of fused-ring (bicyclic) bond motifs is 2. The zero-order valence-electron chi connectivity index (χ0n) is 15.9. The number of nitrogens with zero attached hydrogens (tertiary/aromatic N) is 1. The SMILES string of the molecule is CC(C)(O)c1nc(S(=N)(=O)NC(=O)Nc2c3c(cc4c2CCC4)CCC3)cs1. The van der Waals surface area contributed by atoms with E-state index in [2.05, 4.69) is 21.1 Å². The lowest BCUT2D eigenvalue weighted by atomic mass is 9.99. The number of carbonyl (C=O) groups is 1. The second-order valence-electron chi connectivity index (χ2n) is 7.90. The standard InChI is InChI=1S/C19H24N4O3S2/c1-19(2,25)17-21-15(10-27-17)28(20,26)23-18(24)22-16-13-7-3-5-11(13)9-12-6-4-8-14(12)16/h9-10,25H,3-8H2,1-2H3,(H3,20,22,23,24,26). The molecule has 2 aliphatic carbocycles. The quantitative estimate of drug-likeness (QED) is 0.606. The van der Waals surface area contributed by atoms with E-state index in [1.807, 2.05) is 0 Å². The molecule has 1 atom stereocenters. The third-order valence-electron chi connectivity index (χ3n) is 5.25. The Balaban J connectivity index is 1.56. The van der Waals surface area contributed by atoms with E-state index in [1.54, 1.807) is 13.8 Å². The van der Waals surface area contributed by atoms with E-state index in [-0.39, 0.29) is 5.03 Å². The summed E-state index contributed by atoms with van der Waals surface area (Å²) in [5, 5.41) is 14.6. The zero-order valence-corrected chi connectivity index (χ0v) is 17.6. The Labute approximate surface area is 168 Å². The van der Waals surface area contributed by atoms with Crippen LogP contribution in [0.15, 0.2) is 16.5 Å². The predicted octanol–water partition coefficient (Wildman–Crippen LogP) is 3.49. The maximum atomic E-state index is 12.8. The number of anilines is 1. The number of carbonyl (C=O) groups excluding carboxylic acids is 1. The molecule has 1 aromatic carbocycles. The van der Waals surface area contributed by atoms with Crippen LogP contribution in [0.1, 0.15) is 54.0 Å². The highest BCUT2D eigenvalue weighted by molar-refractivity contribution is 7.91. The van der Waals surface area contributed by atoms with Crippen LogP contribution in [-0.2, 0) is 41.2 Å². The predicted molar refractivity (Wildman–Crippen MR) is 109 cm³/mol. The van der Waals surface area contributed by atoms with Crippen LogP contribution in [0.4, 0.5) is 10.5 Å². The first-order valence-electron chi connectivity index (χ1n) is 9.37. The number of hydrogen-bond donors (Lipinski definition) is 4. The summed E-state index contributed by atoms with van der Waals surface area (Å²) < 4.78 is 23.1. The van der Waals surface area contributed by atoms with Crippen molar-refractivity contribution in [2.45, 2.75) is 63.0 Å². The van der Waals surface area contributed by atoms with Gasteiger partial charge in [0.15, 0.2) is 14.9 Å². The third kappa shape index (κ3) is 3.54. The van der Waals surface area contributed by atoms with E-state index in [9.17, 15) is 14.1 Å². The summed E-state index contributed by atoms with van der Waals surface area (Å²) in [6.07, 6.45) is 6.04. The van der Waals surface area contributed by atoms with Gasteiger partial charge in [0, 0.05) is 11.1 Å². The Kier molecular flexibility index (Phi) is 4.71. The molecule has 28 heavy (non-hydrogen) atoms. The molecule has 0 radical (unpaired) electrons. The number of rotatable bonds is 4. The first kappa shape index (κ1) is 19.4. The minimum Gasteiger partial charge on any atom is -0.383 e. The molecule has 0 fully saturated rings. The van der Waals surface area contributed by atoms with Gasteiger partial charge in [0.1, 0.15) is 10.6 Å². The Morgan fingerprint density at radius 3 is 2.36 bits per heavy atom. The fourth-order valence-corrected chi connectivity index (χ4v) is 6.05. The molecule has 7 nitrogen and oxygen atoms in total. The van der Waals surface area contributed by atoms with Crippen molar-refractivity contribution in [2.24, 2.45) is 0 Å². The molecule has 1 aromatic heterocycles. The van der Waals surface area contributed by atoms with Crippen LogP contribution in [0.25, 0.3) is 0 Å². The monoisotopic (exact) mass is 420 g/mol. The molecule has 2 amide bonds. The topological polar surface area (TPSA) is 115 Å². The van der Waals surface area contributed by atoms with E-state index in [4.69, 9.17) is 4.78 Å². The number of hydrogen-bond acceptors (Lipinski definition) is 6. The second kappa shape index (κ2) is 6.82. The summed E-state index contributed by atoms with van der Waals surface area (Å²) >= 11 is 1.12. The number of amides is 2. The normalized spacial score (nSPS) is 17.7. The van der Waals surface area contributed by atoms with Crippen LogP contribution in [0.2, 0.25) is 0 Å². The number of aryl methyl sites for hydroxylation is 2. The summed E-state index contributed by atoms with van der Waals surface area (Å²) in [6, 6.07) is 1.61. The number of aromatic nitrogens is 1. The smallest absolute Gasteiger partial charge is 0.332 e. The fourth-order valence-electron chi connectivity index (χ4n) is 3.96. The fraction of sp³-hybridized carbons (Fsp3) is 0.474. The van der Waals surface area contributed by atoms with Crippen LogP contribution >= 0.6 is 11.3 Å². The Morgan fingerprint density at radius 1 is 1.21 bits per heavy atom. The van der Waals surface area contributed by atoms with Gasteiger partial charge in [0.05, 0.1) is 0 Å². The van der Waals surface area contributed by atoms with Crippen molar-refractivity contribution in [1.82, 2.24) is 9.71 Å². The first-order chi connectivity index (χ1) is 13.1. The number of benzene rings is 1. The summed E-state index contributed by atoms with van der Waals surface area (Å²) in [5.41, 5.74) is 4.57. The van der Waals surface area contributed by atoms with Crippen molar-refractivity contribution in [1.29, 1.82) is 4.78 Å². The summed E-state index contributed by atoms with van der Waals surface area (Å²) in [7, 11) is -3.62. The van der Waals surface area contributed by atoms with Gasteiger partial charge in [-0.3, -0.25) is 0 Å². The molecular weight excluding hydrogens is 396 g/mol. The molecule has 9 heteroatoms. The van der Waals surface area contributed by atoms with Crippen LogP contribution in [-0.4, -0.2) is 20.3 Å². The van der Waals surface area contributed by atoms with Gasteiger partial charge in [-0.15, -0.1) is 11.3 Å². The average Bonchev–Trinajstić information content (AvgIpc) is 3.33. The van der Waals surface area contributed by atoms with Crippen molar-refractivity contribution in [3.05, 3.63) is 38.7 Å². The molecule has 2 aliphatic rings. The van der Waals surface area contributed by atoms with E-state index < -0.39 is 21.5 Å². The van der Waals surface area contributed by atoms with Crippen molar-refractivity contribution >= 4 is 33.0 Å². The number of nitrogens with one attached hydrogen (secondary N) is 3. The highest BCUT2D eigenvalue weighted by atomic mass is 32.2. The molecule has 1 unspecified atom stereocenters. The van der Waals surface area contributed by atoms with Gasteiger partial charge < -0.3 is 10.4 Å². The van der Waals surface area contributed by atoms with Gasteiger partial charge in [-0.2, -0.15) is 0 Å². The lowest BCUT2D eigenvalue weighted by Gasteiger charge is -2.17. The maximum absolute atomic E-state index is 12.8. The highest BCUT2D eigenvalue weighted by Crippen LogP contribution is 2.38. The minimum absolute atomic E-state index is 0.0479. The molecule has 4 rings (SSSR count). The molecule has 1 heterocycles. The van der Waals surface area contributed by atoms with E-state index in [0.717, 1.165) is 55.5 Å². The van der Waals surface area contributed by atoms with Crippen LogP contribution in [0.5, 0.6) is 0 Å². The number of urea groups is 1.